The molecule has 0 saturated carbocycles. The van der Waals surface area contributed by atoms with E-state index in [0.29, 0.717) is 6.61 Å². The number of aryl methyl sites for hydroxylation is 1. The Bertz CT molecular complexity index is 597. The van der Waals surface area contributed by atoms with Crippen molar-refractivity contribution in [2.45, 2.75) is 31.1 Å². The van der Waals surface area contributed by atoms with E-state index in [4.69, 9.17) is 17.4 Å². The zero-order valence-electron chi connectivity index (χ0n) is 15.0. The van der Waals surface area contributed by atoms with Crippen LogP contribution in [0, 0.1) is 0 Å². The summed E-state index contributed by atoms with van der Waals surface area (Å²) < 4.78 is 6.26. The van der Waals surface area contributed by atoms with Gasteiger partial charge in [-0.25, -0.2) is 0 Å². The van der Waals surface area contributed by atoms with Gasteiger partial charge in [0, 0.05) is 6.54 Å². The maximum absolute atomic E-state index is 6.26. The average molecular weight is 344 g/mol. The predicted octanol–water partition coefficient (Wildman–Crippen LogP) is 4.74. The Balaban J connectivity index is 2.24. The first-order chi connectivity index (χ1) is 11.6. The molecule has 0 heterocycles. The molecule has 2 rings (SSSR count). The van der Waals surface area contributed by atoms with E-state index in [1.807, 2.05) is 18.2 Å². The Morgan fingerprint density at radius 2 is 1.58 bits per heavy atom. The number of rotatable bonds is 9. The molecule has 0 fully saturated rings. The largest absolute Gasteiger partial charge is 0.355 e. The third kappa shape index (κ3) is 5.10. The maximum Gasteiger partial charge on any atom is 0.162 e. The molecular weight excluding hydrogens is 314 g/mol. The first kappa shape index (κ1) is 19.0. The minimum atomic E-state index is -0.722. The first-order valence-electron chi connectivity index (χ1n) is 8.72. The van der Waals surface area contributed by atoms with Crippen LogP contribution in [0.2, 0.25) is 0 Å². The van der Waals surface area contributed by atoms with Crippen molar-refractivity contribution < 1.29 is 4.74 Å². The van der Waals surface area contributed by atoms with Crippen LogP contribution in [0.4, 0.5) is 0 Å². The van der Waals surface area contributed by atoms with Crippen LogP contribution in [0.25, 0.3) is 0 Å². The molecule has 0 aliphatic heterocycles. The smallest absolute Gasteiger partial charge is 0.162 e. The normalized spacial score (nSPS) is 13.9. The van der Waals surface area contributed by atoms with Crippen LogP contribution < -0.4 is 0 Å². The van der Waals surface area contributed by atoms with Gasteiger partial charge in [-0.2, -0.15) is 0 Å². The van der Waals surface area contributed by atoms with Crippen LogP contribution in [-0.2, 0) is 16.1 Å². The van der Waals surface area contributed by atoms with Crippen molar-refractivity contribution in [1.82, 2.24) is 4.90 Å². The second-order valence-electron chi connectivity index (χ2n) is 6.46. The van der Waals surface area contributed by atoms with Crippen molar-refractivity contribution in [3.63, 3.8) is 0 Å². The molecule has 2 nitrogen and oxygen atoms in total. The van der Waals surface area contributed by atoms with E-state index < -0.39 is 4.93 Å². The summed E-state index contributed by atoms with van der Waals surface area (Å²) in [6, 6.07) is 19.0. The van der Waals surface area contributed by atoms with Crippen LogP contribution in [0.3, 0.4) is 0 Å². The molecule has 0 radical (unpaired) electrons. The number of hydrogen-bond acceptors (Lipinski definition) is 3. The van der Waals surface area contributed by atoms with Crippen molar-refractivity contribution in [1.29, 1.82) is 0 Å². The molecule has 1 atom stereocenters. The van der Waals surface area contributed by atoms with Gasteiger partial charge in [-0.3, -0.25) is 0 Å². The Hall–Kier alpha value is -1.29. The molecule has 2 aromatic rings. The summed E-state index contributed by atoms with van der Waals surface area (Å²) >= 11 is 4.96. The van der Waals surface area contributed by atoms with Crippen molar-refractivity contribution in [2.24, 2.45) is 0 Å². The lowest BCUT2D eigenvalue weighted by Gasteiger charge is -2.31. The average Bonchev–Trinajstić information content (AvgIpc) is 2.60. The van der Waals surface area contributed by atoms with E-state index in [9.17, 15) is 0 Å². The molecule has 0 saturated heterocycles. The molecule has 3 heteroatoms. The topological polar surface area (TPSA) is 12.5 Å². The molecule has 0 aliphatic carbocycles. The molecule has 0 aromatic heterocycles. The highest BCUT2D eigenvalue weighted by Gasteiger charge is 2.31. The number of thiol groups is 1. The van der Waals surface area contributed by atoms with E-state index in [0.717, 1.165) is 24.1 Å². The number of ether oxygens (including phenoxy) is 1. The van der Waals surface area contributed by atoms with Crippen LogP contribution >= 0.6 is 12.6 Å². The number of benzene rings is 2. The van der Waals surface area contributed by atoms with Crippen LogP contribution in [-0.4, -0.2) is 32.1 Å². The Morgan fingerprint density at radius 3 is 2.17 bits per heavy atom. The predicted molar refractivity (Wildman–Crippen MR) is 106 cm³/mol. The Kier molecular flexibility index (Phi) is 7.35. The highest BCUT2D eigenvalue weighted by molar-refractivity contribution is 7.81. The van der Waals surface area contributed by atoms with Gasteiger partial charge in [-0.05, 0) is 43.6 Å². The van der Waals surface area contributed by atoms with E-state index in [1.54, 1.807) is 0 Å². The van der Waals surface area contributed by atoms with Crippen LogP contribution in [0.5, 0.6) is 0 Å². The van der Waals surface area contributed by atoms with Gasteiger partial charge in [-0.1, -0.05) is 67.9 Å². The van der Waals surface area contributed by atoms with Gasteiger partial charge in [0.2, 0.25) is 0 Å². The van der Waals surface area contributed by atoms with Crippen molar-refractivity contribution >= 4 is 12.6 Å². The van der Waals surface area contributed by atoms with E-state index in [1.165, 1.54) is 18.4 Å². The van der Waals surface area contributed by atoms with Gasteiger partial charge < -0.3 is 9.64 Å². The third-order valence-corrected chi connectivity index (χ3v) is 4.82. The summed E-state index contributed by atoms with van der Waals surface area (Å²) in [5.74, 6) is 0. The number of hydrogen-bond donors (Lipinski definition) is 1. The van der Waals surface area contributed by atoms with Gasteiger partial charge >= 0.3 is 0 Å². The summed E-state index contributed by atoms with van der Waals surface area (Å²) in [4.78, 5) is 1.40. The minimum Gasteiger partial charge on any atom is -0.355 e. The van der Waals surface area contributed by atoms with E-state index in [2.05, 4.69) is 62.3 Å². The maximum atomic E-state index is 6.26. The summed E-state index contributed by atoms with van der Waals surface area (Å²) in [5, 5.41) is 0. The van der Waals surface area contributed by atoms with E-state index in [-0.39, 0.29) is 0 Å². The Labute approximate surface area is 152 Å². The fourth-order valence-corrected chi connectivity index (χ4v) is 3.04. The second kappa shape index (κ2) is 9.26. The van der Waals surface area contributed by atoms with E-state index >= 15 is 0 Å². The molecule has 0 spiro atoms. The van der Waals surface area contributed by atoms with Gasteiger partial charge in [0.1, 0.15) is 0 Å². The SMILES string of the molecule is CCCCc1ccc(C(S)(OCCN(C)C)c2ccccc2)cc1. The summed E-state index contributed by atoms with van der Waals surface area (Å²) in [7, 11) is 4.10. The molecule has 1 unspecified atom stereocenters. The quantitative estimate of drug-likeness (QED) is 0.521. The highest BCUT2D eigenvalue weighted by atomic mass is 32.1. The zero-order chi connectivity index (χ0) is 17.4. The summed E-state index contributed by atoms with van der Waals surface area (Å²) in [6.45, 7) is 3.72. The molecule has 0 amide bonds. The van der Waals surface area contributed by atoms with Crippen molar-refractivity contribution in [3.8, 4) is 0 Å². The number of nitrogens with zero attached hydrogens (tertiary/aromatic N) is 1. The van der Waals surface area contributed by atoms with Gasteiger partial charge in [0.15, 0.2) is 4.93 Å². The molecule has 130 valence electrons. The van der Waals surface area contributed by atoms with Crippen molar-refractivity contribution in [3.05, 3.63) is 71.3 Å². The zero-order valence-corrected chi connectivity index (χ0v) is 15.9. The summed E-state index contributed by atoms with van der Waals surface area (Å²) in [5.41, 5.74) is 3.52. The van der Waals surface area contributed by atoms with Gasteiger partial charge in [0.25, 0.3) is 0 Å². The minimum absolute atomic E-state index is 0.628. The van der Waals surface area contributed by atoms with Crippen LogP contribution in [0.1, 0.15) is 36.5 Å². The molecule has 0 N–H and O–H groups in total. The fourth-order valence-electron chi connectivity index (χ4n) is 2.65. The molecule has 2 aromatic carbocycles. The monoisotopic (exact) mass is 343 g/mol. The fraction of sp³-hybridized carbons (Fsp3) is 0.429. The lowest BCUT2D eigenvalue weighted by atomic mass is 9.98. The van der Waals surface area contributed by atoms with Gasteiger partial charge in [0.05, 0.1) is 6.61 Å². The lowest BCUT2D eigenvalue weighted by molar-refractivity contribution is 0.0445. The second-order valence-corrected chi connectivity index (χ2v) is 7.09. The van der Waals surface area contributed by atoms with Crippen LogP contribution in [0.15, 0.2) is 54.6 Å². The number of likely N-dealkylation sites (N-methyl/N-ethyl adjacent to an activating group) is 1. The highest BCUT2D eigenvalue weighted by Crippen LogP contribution is 2.37. The molecule has 0 aliphatic rings. The summed E-state index contributed by atoms with van der Waals surface area (Å²) in [6.07, 6.45) is 3.57. The third-order valence-electron chi connectivity index (χ3n) is 4.18. The molecular formula is C21H29NOS. The van der Waals surface area contributed by atoms with Gasteiger partial charge in [-0.15, -0.1) is 12.6 Å². The Morgan fingerprint density at radius 1 is 0.958 bits per heavy atom. The molecule has 24 heavy (non-hydrogen) atoms. The standard InChI is InChI=1S/C21H29NOS/c1-4-5-9-18-12-14-20(15-13-18)21(24,23-17-16-22(2)3)19-10-7-6-8-11-19/h6-8,10-15,24H,4-5,9,16-17H2,1-3H3. The van der Waals surface area contributed by atoms with Crippen molar-refractivity contribution in [2.75, 3.05) is 27.2 Å². The number of unbranched alkanes of at least 4 members (excludes halogenated alkanes) is 1. The molecule has 0 bridgehead atoms. The first-order valence-corrected chi connectivity index (χ1v) is 9.17. The lowest BCUT2D eigenvalue weighted by Crippen LogP contribution is -2.29.